The fourth-order valence-corrected chi connectivity index (χ4v) is 2.58. The van der Waals surface area contributed by atoms with Gasteiger partial charge in [-0.3, -0.25) is 9.59 Å². The lowest BCUT2D eigenvalue weighted by Crippen LogP contribution is -2.28. The SMILES string of the molecule is COC(=O)C[C@H](C(=O)OC)n1c(C(N)=O)cc(Br)c1Br. The lowest BCUT2D eigenvalue weighted by atomic mass is 10.2. The van der Waals surface area contributed by atoms with Gasteiger partial charge in [0.15, 0.2) is 0 Å². The van der Waals surface area contributed by atoms with Gasteiger partial charge in [0.2, 0.25) is 0 Å². The van der Waals surface area contributed by atoms with Crippen LogP contribution < -0.4 is 5.73 Å². The Balaban J connectivity index is 3.36. The average molecular weight is 412 g/mol. The molecule has 0 saturated carbocycles. The van der Waals surface area contributed by atoms with E-state index >= 15 is 0 Å². The fourth-order valence-electron chi connectivity index (χ4n) is 1.62. The van der Waals surface area contributed by atoms with Gasteiger partial charge >= 0.3 is 11.9 Å². The van der Waals surface area contributed by atoms with Crippen molar-refractivity contribution in [2.24, 2.45) is 5.73 Å². The van der Waals surface area contributed by atoms with Crippen molar-refractivity contribution in [3.63, 3.8) is 0 Å². The molecule has 2 N–H and O–H groups in total. The summed E-state index contributed by atoms with van der Waals surface area (Å²) >= 11 is 6.44. The van der Waals surface area contributed by atoms with Gasteiger partial charge in [0, 0.05) is 0 Å². The highest BCUT2D eigenvalue weighted by atomic mass is 79.9. The van der Waals surface area contributed by atoms with E-state index in [4.69, 9.17) is 5.73 Å². The van der Waals surface area contributed by atoms with E-state index < -0.39 is 23.9 Å². The molecule has 1 rings (SSSR count). The van der Waals surface area contributed by atoms with E-state index in [-0.39, 0.29) is 12.1 Å². The topological polar surface area (TPSA) is 101 Å². The summed E-state index contributed by atoms with van der Waals surface area (Å²) in [7, 11) is 2.38. The highest BCUT2D eigenvalue weighted by Crippen LogP contribution is 2.32. The number of primary amides is 1. The maximum atomic E-state index is 11.9. The first-order valence-electron chi connectivity index (χ1n) is 5.34. The molecular formula is C11H12Br2N2O5. The van der Waals surface area contributed by atoms with Gasteiger partial charge in [-0.1, -0.05) is 0 Å². The maximum Gasteiger partial charge on any atom is 0.329 e. The predicted octanol–water partition coefficient (Wildman–Crippen LogP) is 1.39. The van der Waals surface area contributed by atoms with E-state index in [1.54, 1.807) is 0 Å². The number of methoxy groups -OCH3 is 2. The van der Waals surface area contributed by atoms with E-state index in [1.807, 2.05) is 0 Å². The maximum absolute atomic E-state index is 11.9. The molecule has 0 aliphatic heterocycles. The quantitative estimate of drug-likeness (QED) is 0.737. The van der Waals surface area contributed by atoms with Crippen LogP contribution in [0.1, 0.15) is 23.0 Å². The van der Waals surface area contributed by atoms with Crippen LogP contribution in [-0.4, -0.2) is 36.6 Å². The summed E-state index contributed by atoms with van der Waals surface area (Å²) < 4.78 is 11.4. The molecule has 0 aromatic carbocycles. The summed E-state index contributed by atoms with van der Waals surface area (Å²) in [5.74, 6) is -2.05. The molecule has 1 aromatic rings. The zero-order valence-electron chi connectivity index (χ0n) is 10.7. The number of hydrogen-bond donors (Lipinski definition) is 1. The lowest BCUT2D eigenvalue weighted by molar-refractivity contribution is -0.151. The molecule has 0 radical (unpaired) electrons. The van der Waals surface area contributed by atoms with E-state index in [1.165, 1.54) is 24.9 Å². The normalized spacial score (nSPS) is 11.8. The Morgan fingerprint density at radius 1 is 1.30 bits per heavy atom. The predicted molar refractivity (Wildman–Crippen MR) is 76.0 cm³/mol. The Bertz CT molecular complexity index is 555. The van der Waals surface area contributed by atoms with Gasteiger partial charge in [0.25, 0.3) is 5.91 Å². The summed E-state index contributed by atoms with van der Waals surface area (Å²) in [4.78, 5) is 34.7. The van der Waals surface area contributed by atoms with E-state index in [0.29, 0.717) is 9.08 Å². The highest BCUT2D eigenvalue weighted by Gasteiger charge is 2.30. The molecule has 20 heavy (non-hydrogen) atoms. The van der Waals surface area contributed by atoms with Gasteiger partial charge in [0.05, 0.1) is 25.1 Å². The first kappa shape index (κ1) is 16.7. The van der Waals surface area contributed by atoms with Crippen molar-refractivity contribution >= 4 is 49.7 Å². The number of esters is 2. The molecule has 1 atom stereocenters. The molecule has 0 aliphatic rings. The third kappa shape index (κ3) is 3.40. The molecule has 1 aromatic heterocycles. The molecule has 0 bridgehead atoms. The minimum absolute atomic E-state index is 0.0584. The number of aromatic nitrogens is 1. The number of halogens is 2. The van der Waals surface area contributed by atoms with Crippen molar-refractivity contribution in [2.75, 3.05) is 14.2 Å². The summed E-state index contributed by atoms with van der Waals surface area (Å²) in [5, 5.41) is 0. The van der Waals surface area contributed by atoms with Crippen LogP contribution in [0.15, 0.2) is 15.1 Å². The zero-order valence-corrected chi connectivity index (χ0v) is 13.9. The third-order valence-electron chi connectivity index (χ3n) is 2.56. The standard InChI is InChI=1S/C11H12Br2N2O5/c1-19-8(16)4-7(11(18)20-2)15-6(10(14)17)3-5(12)9(15)13/h3,7H,4H2,1-2H3,(H2,14,17)/t7-/m1/s1. The molecule has 0 spiro atoms. The minimum atomic E-state index is -1.06. The second-order valence-corrected chi connectivity index (χ2v) is 5.33. The van der Waals surface area contributed by atoms with Gasteiger partial charge in [0.1, 0.15) is 16.3 Å². The monoisotopic (exact) mass is 410 g/mol. The first-order chi connectivity index (χ1) is 9.33. The second kappa shape index (κ2) is 6.89. The molecular weight excluding hydrogens is 400 g/mol. The molecule has 1 amide bonds. The number of carbonyl (C=O) groups excluding carboxylic acids is 3. The largest absolute Gasteiger partial charge is 0.469 e. The molecule has 0 aliphatic carbocycles. The van der Waals surface area contributed by atoms with Crippen LogP contribution in [-0.2, 0) is 19.1 Å². The summed E-state index contributed by atoms with van der Waals surface area (Å²) in [6.45, 7) is 0. The molecule has 9 heteroatoms. The van der Waals surface area contributed by atoms with Gasteiger partial charge in [-0.25, -0.2) is 4.79 Å². The van der Waals surface area contributed by atoms with Crippen LogP contribution >= 0.6 is 31.9 Å². The fraction of sp³-hybridized carbons (Fsp3) is 0.364. The minimum Gasteiger partial charge on any atom is -0.469 e. The Kier molecular flexibility index (Phi) is 5.75. The van der Waals surface area contributed by atoms with Crippen LogP contribution in [0, 0.1) is 0 Å². The summed E-state index contributed by atoms with van der Waals surface area (Å²) in [6, 6.07) is 0.384. The Morgan fingerprint density at radius 2 is 1.90 bits per heavy atom. The number of nitrogens with two attached hydrogens (primary N) is 1. The summed E-state index contributed by atoms with van der Waals surface area (Å²) in [5.41, 5.74) is 5.33. The number of rotatable bonds is 5. The highest BCUT2D eigenvalue weighted by molar-refractivity contribution is 9.13. The van der Waals surface area contributed by atoms with Crippen LogP contribution in [0.25, 0.3) is 0 Å². The van der Waals surface area contributed by atoms with Crippen molar-refractivity contribution in [2.45, 2.75) is 12.5 Å². The van der Waals surface area contributed by atoms with E-state index in [2.05, 4.69) is 41.3 Å². The number of ether oxygens (including phenoxy) is 2. The van der Waals surface area contributed by atoms with Crippen molar-refractivity contribution in [1.29, 1.82) is 0 Å². The number of hydrogen-bond acceptors (Lipinski definition) is 5. The molecule has 110 valence electrons. The third-order valence-corrected chi connectivity index (χ3v) is 4.50. The molecule has 0 fully saturated rings. The zero-order chi connectivity index (χ0) is 15.4. The Hall–Kier alpha value is -1.35. The number of nitrogens with zero attached hydrogens (tertiary/aromatic N) is 1. The molecule has 0 unspecified atom stereocenters. The van der Waals surface area contributed by atoms with Gasteiger partial charge in [-0.2, -0.15) is 0 Å². The van der Waals surface area contributed by atoms with Crippen LogP contribution in [0.2, 0.25) is 0 Å². The Morgan fingerprint density at radius 3 is 2.35 bits per heavy atom. The van der Waals surface area contributed by atoms with Crippen molar-refractivity contribution in [3.8, 4) is 0 Å². The molecule has 7 nitrogen and oxygen atoms in total. The van der Waals surface area contributed by atoms with Crippen molar-refractivity contribution in [3.05, 3.63) is 20.8 Å². The van der Waals surface area contributed by atoms with E-state index in [9.17, 15) is 14.4 Å². The van der Waals surface area contributed by atoms with Crippen molar-refractivity contribution in [1.82, 2.24) is 4.57 Å². The number of carbonyl (C=O) groups is 3. The van der Waals surface area contributed by atoms with Gasteiger partial charge < -0.3 is 19.8 Å². The van der Waals surface area contributed by atoms with Crippen LogP contribution in [0.3, 0.4) is 0 Å². The summed E-state index contributed by atoms with van der Waals surface area (Å²) in [6.07, 6.45) is -0.289. The number of amides is 1. The van der Waals surface area contributed by atoms with Gasteiger partial charge in [-0.15, -0.1) is 0 Å². The lowest BCUT2D eigenvalue weighted by Gasteiger charge is -2.18. The molecule has 0 saturated heterocycles. The van der Waals surface area contributed by atoms with Crippen molar-refractivity contribution < 1.29 is 23.9 Å². The van der Waals surface area contributed by atoms with E-state index in [0.717, 1.165) is 0 Å². The Labute approximate surface area is 131 Å². The molecule has 1 heterocycles. The smallest absolute Gasteiger partial charge is 0.329 e. The van der Waals surface area contributed by atoms with Crippen LogP contribution in [0.4, 0.5) is 0 Å². The average Bonchev–Trinajstić information content (AvgIpc) is 2.71. The van der Waals surface area contributed by atoms with Gasteiger partial charge in [-0.05, 0) is 37.9 Å². The first-order valence-corrected chi connectivity index (χ1v) is 6.92. The van der Waals surface area contributed by atoms with Crippen LogP contribution in [0.5, 0.6) is 0 Å². The second-order valence-electron chi connectivity index (χ2n) is 3.72.